The van der Waals surface area contributed by atoms with Gasteiger partial charge in [-0.1, -0.05) is 117 Å². The summed E-state index contributed by atoms with van der Waals surface area (Å²) in [6, 6.07) is 24.3. The summed E-state index contributed by atoms with van der Waals surface area (Å²) < 4.78 is 6.72. The van der Waals surface area contributed by atoms with E-state index >= 15 is 0 Å². The predicted octanol–water partition coefficient (Wildman–Crippen LogP) is 8.74. The van der Waals surface area contributed by atoms with Gasteiger partial charge in [-0.15, -0.1) is 0 Å². The Bertz CT molecular complexity index is 1120. The molecule has 3 aromatic carbocycles. The zero-order valence-electron chi connectivity index (χ0n) is 23.7. The molecule has 0 saturated carbocycles. The topological polar surface area (TPSA) is 12.5 Å². The lowest BCUT2D eigenvalue weighted by molar-refractivity contribution is 0.295. The molecular formula is C33H46NOP. The Kier molecular flexibility index (Phi) is 9.65. The fourth-order valence-corrected chi connectivity index (χ4v) is 6.84. The van der Waals surface area contributed by atoms with Crippen LogP contribution in [0.4, 0.5) is 5.69 Å². The van der Waals surface area contributed by atoms with Gasteiger partial charge >= 0.3 is 0 Å². The van der Waals surface area contributed by atoms with E-state index in [0.717, 1.165) is 18.6 Å². The summed E-state index contributed by atoms with van der Waals surface area (Å²) in [5.41, 5.74) is 6.63. The van der Waals surface area contributed by atoms with E-state index in [1.807, 2.05) is 0 Å². The Morgan fingerprint density at radius 1 is 0.889 bits per heavy atom. The number of unbranched alkanes of at least 4 members (excludes halogenated alkanes) is 1. The second-order valence-electron chi connectivity index (χ2n) is 11.3. The highest BCUT2D eigenvalue weighted by Gasteiger charge is 2.36. The molecule has 0 radical (unpaired) electrons. The molecule has 0 fully saturated rings. The van der Waals surface area contributed by atoms with Crippen molar-refractivity contribution in [2.75, 3.05) is 19.0 Å². The monoisotopic (exact) mass is 503 g/mol. The van der Waals surface area contributed by atoms with E-state index in [2.05, 4.69) is 127 Å². The fourth-order valence-electron chi connectivity index (χ4n) is 4.91. The lowest BCUT2D eigenvalue weighted by Gasteiger charge is -2.38. The zero-order chi connectivity index (χ0) is 26.3. The largest absolute Gasteiger partial charge is 0.488 e. The highest BCUT2D eigenvalue weighted by Crippen LogP contribution is 2.53. The number of para-hydroxylation sites is 1. The number of ether oxygens (including phenoxy) is 1. The number of rotatable bonds is 11. The third-order valence-electron chi connectivity index (χ3n) is 7.20. The number of anilines is 1. The Hall–Kier alpha value is -2.31. The molecule has 0 saturated heterocycles. The summed E-state index contributed by atoms with van der Waals surface area (Å²) in [6.07, 6.45) is 4.65. The molecule has 0 aliphatic rings. The van der Waals surface area contributed by atoms with Crippen molar-refractivity contribution in [3.63, 3.8) is 0 Å². The van der Waals surface area contributed by atoms with Crippen LogP contribution in [0, 0.1) is 6.92 Å². The third-order valence-corrected chi connectivity index (χ3v) is 9.25. The van der Waals surface area contributed by atoms with Crippen molar-refractivity contribution < 1.29 is 4.74 Å². The number of benzene rings is 3. The van der Waals surface area contributed by atoms with Crippen LogP contribution in [-0.4, -0.2) is 14.1 Å². The molecule has 0 aromatic heterocycles. The third kappa shape index (κ3) is 6.71. The molecule has 36 heavy (non-hydrogen) atoms. The number of hydrogen-bond acceptors (Lipinski definition) is 2. The van der Waals surface area contributed by atoms with Gasteiger partial charge in [-0.05, 0) is 53.2 Å². The van der Waals surface area contributed by atoms with Crippen LogP contribution in [0.3, 0.4) is 0 Å². The van der Waals surface area contributed by atoms with Gasteiger partial charge < -0.3 is 9.64 Å². The van der Waals surface area contributed by atoms with Crippen molar-refractivity contribution in [3.8, 4) is 5.75 Å². The van der Waals surface area contributed by atoms with Gasteiger partial charge in [0.2, 0.25) is 0 Å². The van der Waals surface area contributed by atoms with Crippen LogP contribution < -0.4 is 14.9 Å². The first-order valence-corrected chi connectivity index (χ1v) is 14.5. The van der Waals surface area contributed by atoms with Crippen LogP contribution in [0.1, 0.15) is 82.6 Å². The van der Waals surface area contributed by atoms with Crippen LogP contribution >= 0.6 is 8.58 Å². The SMILES string of the molecule is CCCCC(CC)(Pc1ccccc1N(C)C)c1cc(C(C)(C)C)cc(C)c1OCc1ccccc1. The average molecular weight is 504 g/mol. The number of nitrogens with zero attached hydrogens (tertiary/aromatic N) is 1. The Morgan fingerprint density at radius 3 is 2.17 bits per heavy atom. The van der Waals surface area contributed by atoms with Crippen molar-refractivity contribution >= 4 is 19.6 Å². The van der Waals surface area contributed by atoms with Gasteiger partial charge in [-0.3, -0.25) is 0 Å². The molecule has 0 amide bonds. The van der Waals surface area contributed by atoms with Gasteiger partial charge in [0.15, 0.2) is 0 Å². The van der Waals surface area contributed by atoms with E-state index in [1.165, 1.54) is 46.1 Å². The lowest BCUT2D eigenvalue weighted by Crippen LogP contribution is -2.27. The van der Waals surface area contributed by atoms with E-state index in [-0.39, 0.29) is 10.6 Å². The van der Waals surface area contributed by atoms with Gasteiger partial charge in [0.1, 0.15) is 12.4 Å². The minimum absolute atomic E-state index is 0.0279. The molecule has 3 heteroatoms. The molecule has 0 bridgehead atoms. The van der Waals surface area contributed by atoms with Crippen molar-refractivity contribution in [1.29, 1.82) is 0 Å². The first-order chi connectivity index (χ1) is 17.1. The normalized spacial score (nSPS) is 13.7. The van der Waals surface area contributed by atoms with Gasteiger partial charge in [-0.25, -0.2) is 0 Å². The number of aryl methyl sites for hydroxylation is 1. The van der Waals surface area contributed by atoms with Gasteiger partial charge in [-0.2, -0.15) is 0 Å². The summed E-state index contributed by atoms with van der Waals surface area (Å²) in [7, 11) is 4.98. The van der Waals surface area contributed by atoms with Crippen molar-refractivity contribution in [3.05, 3.63) is 89.0 Å². The first-order valence-electron chi connectivity index (χ1n) is 13.5. The van der Waals surface area contributed by atoms with E-state index in [9.17, 15) is 0 Å². The summed E-state index contributed by atoms with van der Waals surface area (Å²) in [4.78, 5) is 2.26. The molecule has 3 aromatic rings. The summed E-state index contributed by atoms with van der Waals surface area (Å²) >= 11 is 0. The Balaban J connectivity index is 2.20. The van der Waals surface area contributed by atoms with E-state index < -0.39 is 0 Å². The van der Waals surface area contributed by atoms with E-state index in [4.69, 9.17) is 4.74 Å². The molecule has 0 aliphatic heterocycles. The van der Waals surface area contributed by atoms with Gasteiger partial charge in [0, 0.05) is 30.5 Å². The first kappa shape index (κ1) is 28.3. The highest BCUT2D eigenvalue weighted by atomic mass is 31.1. The standard InChI is InChI=1S/C33H46NOP/c1-9-11-21-33(10-2,36-30-20-16-15-19-29(30)34(7)8)28-23-27(32(4,5)6)22-25(3)31(28)35-24-26-17-13-12-14-18-26/h12-20,22-23,36H,9-11,21,24H2,1-8H3. The molecule has 2 unspecified atom stereocenters. The maximum atomic E-state index is 6.72. The van der Waals surface area contributed by atoms with E-state index in [1.54, 1.807) is 0 Å². The van der Waals surface area contributed by atoms with E-state index in [0.29, 0.717) is 15.2 Å². The molecule has 2 nitrogen and oxygen atoms in total. The predicted molar refractivity (Wildman–Crippen MR) is 161 cm³/mol. The van der Waals surface area contributed by atoms with Crippen molar-refractivity contribution in [1.82, 2.24) is 0 Å². The summed E-state index contributed by atoms with van der Waals surface area (Å²) in [5, 5.41) is 1.47. The Labute approximate surface area is 222 Å². The molecule has 3 rings (SSSR count). The molecule has 0 aliphatic carbocycles. The maximum absolute atomic E-state index is 6.72. The van der Waals surface area contributed by atoms with Crippen LogP contribution in [0.15, 0.2) is 66.7 Å². The minimum Gasteiger partial charge on any atom is -0.488 e. The van der Waals surface area contributed by atoms with Gasteiger partial charge in [0.25, 0.3) is 0 Å². The smallest absolute Gasteiger partial charge is 0.126 e. The van der Waals surface area contributed by atoms with Crippen LogP contribution in [0.25, 0.3) is 0 Å². The molecular weight excluding hydrogens is 457 g/mol. The molecule has 2 atom stereocenters. The van der Waals surface area contributed by atoms with Gasteiger partial charge in [0.05, 0.1) is 0 Å². The second kappa shape index (κ2) is 12.3. The van der Waals surface area contributed by atoms with Crippen molar-refractivity contribution in [2.45, 2.75) is 84.4 Å². The zero-order valence-corrected chi connectivity index (χ0v) is 24.7. The minimum atomic E-state index is 0.0279. The average Bonchev–Trinajstić information content (AvgIpc) is 2.85. The van der Waals surface area contributed by atoms with Crippen LogP contribution in [0.2, 0.25) is 0 Å². The molecule has 0 spiro atoms. The fraction of sp³-hybridized carbons (Fsp3) is 0.455. The molecule has 0 N–H and O–H groups in total. The molecule has 0 heterocycles. The number of hydrogen-bond donors (Lipinski definition) is 0. The quantitative estimate of drug-likeness (QED) is 0.243. The summed E-state index contributed by atoms with van der Waals surface area (Å²) in [5.74, 6) is 1.08. The van der Waals surface area contributed by atoms with Crippen molar-refractivity contribution in [2.24, 2.45) is 0 Å². The van der Waals surface area contributed by atoms with Crippen LogP contribution in [0.5, 0.6) is 5.75 Å². The molecule has 194 valence electrons. The Morgan fingerprint density at radius 2 is 1.56 bits per heavy atom. The maximum Gasteiger partial charge on any atom is 0.126 e. The highest BCUT2D eigenvalue weighted by molar-refractivity contribution is 7.49. The summed E-state index contributed by atoms with van der Waals surface area (Å²) in [6.45, 7) is 14.5. The second-order valence-corrected chi connectivity index (χ2v) is 13.0. The van der Waals surface area contributed by atoms with Crippen LogP contribution in [-0.2, 0) is 17.2 Å². The lowest BCUT2D eigenvalue weighted by atomic mass is 9.80.